The molecule has 0 saturated heterocycles. The molecule has 0 aromatic heterocycles. The van der Waals surface area contributed by atoms with E-state index in [1.165, 1.54) is 0 Å². The van der Waals surface area contributed by atoms with Crippen LogP contribution in [0.4, 0.5) is 22.0 Å². The van der Waals surface area contributed by atoms with Gasteiger partial charge in [-0.15, -0.1) is 0 Å². The standard InChI is InChI=1S/C15H14F5NO2/c1-14(2,3)23-13-10(7-4-8(16)6-9(17)5-7)11(22)12(21-13)15(18,19)20/h4-6,10,12H,1-3H3. The Morgan fingerprint density at radius 3 is 2.00 bits per heavy atom. The van der Waals surface area contributed by atoms with Gasteiger partial charge in [0.1, 0.15) is 23.2 Å². The average Bonchev–Trinajstić information content (AvgIpc) is 2.62. The minimum absolute atomic E-state index is 0.262. The van der Waals surface area contributed by atoms with Crippen molar-refractivity contribution in [2.24, 2.45) is 4.99 Å². The van der Waals surface area contributed by atoms with E-state index in [-0.39, 0.29) is 5.56 Å². The van der Waals surface area contributed by atoms with Gasteiger partial charge in [-0.1, -0.05) is 0 Å². The van der Waals surface area contributed by atoms with Crippen molar-refractivity contribution in [2.75, 3.05) is 0 Å². The monoisotopic (exact) mass is 335 g/mol. The minimum Gasteiger partial charge on any atom is -0.474 e. The maximum absolute atomic E-state index is 13.4. The molecule has 1 aliphatic rings. The number of Topliss-reactive ketones (excluding diaryl/α,β-unsaturated/α-hetero) is 1. The molecule has 0 aliphatic carbocycles. The number of halogens is 5. The Labute approximate surface area is 129 Å². The van der Waals surface area contributed by atoms with Crippen molar-refractivity contribution in [3.05, 3.63) is 35.4 Å². The van der Waals surface area contributed by atoms with Gasteiger partial charge in [0, 0.05) is 6.07 Å². The van der Waals surface area contributed by atoms with Crippen LogP contribution < -0.4 is 0 Å². The van der Waals surface area contributed by atoms with Crippen LogP contribution in [0.15, 0.2) is 23.2 Å². The van der Waals surface area contributed by atoms with E-state index in [4.69, 9.17) is 4.74 Å². The minimum atomic E-state index is -4.90. The molecule has 0 N–H and O–H groups in total. The second-order valence-electron chi connectivity index (χ2n) is 6.16. The third-order valence-electron chi connectivity index (χ3n) is 3.00. The summed E-state index contributed by atoms with van der Waals surface area (Å²) in [6.45, 7) is 4.68. The van der Waals surface area contributed by atoms with Crippen molar-refractivity contribution >= 4 is 11.7 Å². The molecular weight excluding hydrogens is 321 g/mol. The van der Waals surface area contributed by atoms with Gasteiger partial charge >= 0.3 is 6.18 Å². The Morgan fingerprint density at radius 2 is 1.57 bits per heavy atom. The fourth-order valence-corrected chi connectivity index (χ4v) is 2.23. The summed E-state index contributed by atoms with van der Waals surface area (Å²) in [5, 5.41) is 0. The molecule has 0 spiro atoms. The summed E-state index contributed by atoms with van der Waals surface area (Å²) in [7, 11) is 0. The van der Waals surface area contributed by atoms with Crippen LogP contribution in [0, 0.1) is 11.6 Å². The van der Waals surface area contributed by atoms with Crippen LogP contribution in [0.2, 0.25) is 0 Å². The summed E-state index contributed by atoms with van der Waals surface area (Å²) in [5.41, 5.74) is -1.19. The number of benzene rings is 1. The average molecular weight is 335 g/mol. The van der Waals surface area contributed by atoms with E-state index in [1.807, 2.05) is 0 Å². The number of rotatable bonds is 1. The number of hydrogen-bond donors (Lipinski definition) is 0. The predicted octanol–water partition coefficient (Wildman–Crippen LogP) is 3.78. The number of ketones is 1. The van der Waals surface area contributed by atoms with Gasteiger partial charge in [0.2, 0.25) is 6.04 Å². The molecule has 2 unspecified atom stereocenters. The quantitative estimate of drug-likeness (QED) is 0.733. The van der Waals surface area contributed by atoms with Gasteiger partial charge in [-0.2, -0.15) is 13.2 Å². The maximum Gasteiger partial charge on any atom is 0.418 e. The molecule has 126 valence electrons. The van der Waals surface area contributed by atoms with Crippen LogP contribution in [0.5, 0.6) is 0 Å². The number of alkyl halides is 3. The zero-order valence-corrected chi connectivity index (χ0v) is 12.5. The van der Waals surface area contributed by atoms with E-state index < -0.39 is 47.1 Å². The molecule has 0 saturated carbocycles. The van der Waals surface area contributed by atoms with Gasteiger partial charge in [0.15, 0.2) is 11.7 Å². The highest BCUT2D eigenvalue weighted by atomic mass is 19.4. The number of ether oxygens (including phenoxy) is 1. The Bertz CT molecular complexity index is 641. The number of carbonyl (C=O) groups excluding carboxylic acids is 1. The van der Waals surface area contributed by atoms with Crippen molar-refractivity contribution in [3.63, 3.8) is 0 Å². The van der Waals surface area contributed by atoms with E-state index in [1.54, 1.807) is 20.8 Å². The van der Waals surface area contributed by atoms with Crippen LogP contribution in [-0.2, 0) is 9.53 Å². The molecule has 0 bridgehead atoms. The molecule has 0 fully saturated rings. The van der Waals surface area contributed by atoms with E-state index in [0.717, 1.165) is 12.1 Å². The van der Waals surface area contributed by atoms with Gasteiger partial charge in [-0.3, -0.25) is 4.79 Å². The Kier molecular flexibility index (Phi) is 4.21. The molecule has 0 radical (unpaired) electrons. The highest BCUT2D eigenvalue weighted by Crippen LogP contribution is 2.37. The van der Waals surface area contributed by atoms with E-state index in [0.29, 0.717) is 6.07 Å². The fraction of sp³-hybridized carbons (Fsp3) is 0.467. The van der Waals surface area contributed by atoms with Gasteiger partial charge < -0.3 is 4.74 Å². The molecule has 1 aliphatic heterocycles. The van der Waals surface area contributed by atoms with Crippen molar-refractivity contribution in [3.8, 4) is 0 Å². The molecular formula is C15H14F5NO2. The zero-order chi connectivity index (χ0) is 17.6. The first-order chi connectivity index (χ1) is 10.4. The van der Waals surface area contributed by atoms with Crippen LogP contribution in [0.3, 0.4) is 0 Å². The smallest absolute Gasteiger partial charge is 0.418 e. The highest BCUT2D eigenvalue weighted by molar-refractivity contribution is 6.14. The van der Waals surface area contributed by atoms with Crippen LogP contribution in [-0.4, -0.2) is 29.5 Å². The van der Waals surface area contributed by atoms with Crippen molar-refractivity contribution in [1.82, 2.24) is 0 Å². The Morgan fingerprint density at radius 1 is 1.04 bits per heavy atom. The SMILES string of the molecule is CC(C)(C)OC1=NC(C(F)(F)F)C(=O)C1c1cc(F)cc(F)c1. The Balaban J connectivity index is 2.50. The first-order valence-electron chi connectivity index (χ1n) is 6.71. The second-order valence-corrected chi connectivity index (χ2v) is 6.16. The number of aliphatic imine (C=N–C) groups is 1. The van der Waals surface area contributed by atoms with Gasteiger partial charge in [-0.25, -0.2) is 13.8 Å². The predicted molar refractivity (Wildman–Crippen MR) is 72.2 cm³/mol. The lowest BCUT2D eigenvalue weighted by atomic mass is 9.93. The first kappa shape index (κ1) is 17.4. The molecule has 1 heterocycles. The summed E-state index contributed by atoms with van der Waals surface area (Å²) in [6, 6.07) is -0.445. The second kappa shape index (κ2) is 5.58. The van der Waals surface area contributed by atoms with Gasteiger partial charge in [0.25, 0.3) is 0 Å². The molecule has 2 atom stereocenters. The number of nitrogens with zero attached hydrogens (tertiary/aromatic N) is 1. The fourth-order valence-electron chi connectivity index (χ4n) is 2.23. The molecule has 1 aromatic carbocycles. The third-order valence-corrected chi connectivity index (χ3v) is 3.00. The molecule has 1 aromatic rings. The van der Waals surface area contributed by atoms with Crippen LogP contribution in [0.1, 0.15) is 32.3 Å². The first-order valence-corrected chi connectivity index (χ1v) is 6.71. The third kappa shape index (κ3) is 3.86. The Hall–Kier alpha value is -1.99. The van der Waals surface area contributed by atoms with Crippen LogP contribution in [0.25, 0.3) is 0 Å². The largest absolute Gasteiger partial charge is 0.474 e. The highest BCUT2D eigenvalue weighted by Gasteiger charge is 2.54. The number of hydrogen-bond acceptors (Lipinski definition) is 3. The molecule has 2 rings (SSSR count). The summed E-state index contributed by atoms with van der Waals surface area (Å²) in [4.78, 5) is 15.4. The maximum atomic E-state index is 13.4. The lowest BCUT2D eigenvalue weighted by Crippen LogP contribution is -2.35. The van der Waals surface area contributed by atoms with Gasteiger partial charge in [-0.05, 0) is 38.5 Å². The summed E-state index contributed by atoms with van der Waals surface area (Å²) in [5.74, 6) is -5.40. The van der Waals surface area contributed by atoms with E-state index in [2.05, 4.69) is 4.99 Å². The van der Waals surface area contributed by atoms with Crippen LogP contribution >= 0.6 is 0 Å². The zero-order valence-electron chi connectivity index (χ0n) is 12.5. The van der Waals surface area contributed by atoms with E-state index in [9.17, 15) is 26.7 Å². The molecule has 23 heavy (non-hydrogen) atoms. The van der Waals surface area contributed by atoms with Gasteiger partial charge in [0.05, 0.1) is 0 Å². The summed E-state index contributed by atoms with van der Waals surface area (Å²) < 4.78 is 70.8. The summed E-state index contributed by atoms with van der Waals surface area (Å²) >= 11 is 0. The molecule has 3 nitrogen and oxygen atoms in total. The lowest BCUT2D eigenvalue weighted by Gasteiger charge is -2.23. The van der Waals surface area contributed by atoms with Crippen molar-refractivity contribution in [1.29, 1.82) is 0 Å². The number of carbonyl (C=O) groups is 1. The normalized spacial score (nSPS) is 22.3. The van der Waals surface area contributed by atoms with Crippen molar-refractivity contribution < 1.29 is 31.5 Å². The molecule has 0 amide bonds. The van der Waals surface area contributed by atoms with E-state index >= 15 is 0 Å². The molecule has 8 heteroatoms. The topological polar surface area (TPSA) is 38.7 Å². The summed E-state index contributed by atoms with van der Waals surface area (Å²) in [6.07, 6.45) is -4.90. The lowest BCUT2D eigenvalue weighted by molar-refractivity contribution is -0.159. The van der Waals surface area contributed by atoms with Crippen molar-refractivity contribution in [2.45, 2.75) is 44.5 Å².